The van der Waals surface area contributed by atoms with Crippen molar-refractivity contribution in [2.24, 2.45) is 0 Å². The fraction of sp³-hybridized carbons (Fsp3) is 0.286. The minimum absolute atomic E-state index is 0.00605. The van der Waals surface area contributed by atoms with Crippen LogP contribution in [0.15, 0.2) is 36.7 Å². The van der Waals surface area contributed by atoms with E-state index in [1.54, 1.807) is 12.3 Å². The van der Waals surface area contributed by atoms with Crippen molar-refractivity contribution >= 4 is 17.4 Å². The predicted molar refractivity (Wildman–Crippen MR) is 74.7 cm³/mol. The molecule has 0 aliphatic carbocycles. The summed E-state index contributed by atoms with van der Waals surface area (Å²) in [6.45, 7) is 2.08. The first-order valence-electron chi connectivity index (χ1n) is 6.18. The van der Waals surface area contributed by atoms with E-state index >= 15 is 0 Å². The van der Waals surface area contributed by atoms with E-state index < -0.39 is 0 Å². The van der Waals surface area contributed by atoms with Crippen LogP contribution in [-0.4, -0.2) is 9.97 Å². The molecular weight excluding hydrogens is 265 g/mol. The van der Waals surface area contributed by atoms with Crippen molar-refractivity contribution in [3.05, 3.63) is 53.2 Å². The SMILES string of the molecule is CCCC(Nc1cncc(Cl)n1)c1cccc(F)c1. The van der Waals surface area contributed by atoms with Gasteiger partial charge in [-0.3, -0.25) is 4.98 Å². The number of benzene rings is 1. The highest BCUT2D eigenvalue weighted by Gasteiger charge is 2.12. The number of anilines is 1. The predicted octanol–water partition coefficient (Wildman–Crippen LogP) is 4.22. The molecule has 0 aliphatic heterocycles. The first-order chi connectivity index (χ1) is 9.19. The lowest BCUT2D eigenvalue weighted by Gasteiger charge is -2.19. The molecule has 3 nitrogen and oxygen atoms in total. The van der Waals surface area contributed by atoms with E-state index in [4.69, 9.17) is 11.6 Å². The van der Waals surface area contributed by atoms with Gasteiger partial charge in [0, 0.05) is 0 Å². The summed E-state index contributed by atoms with van der Waals surface area (Å²) in [4.78, 5) is 8.12. The zero-order valence-electron chi connectivity index (χ0n) is 10.6. The molecule has 1 aromatic carbocycles. The van der Waals surface area contributed by atoms with Crippen LogP contribution < -0.4 is 5.32 Å². The first-order valence-corrected chi connectivity index (χ1v) is 6.56. The van der Waals surface area contributed by atoms with E-state index in [9.17, 15) is 4.39 Å². The van der Waals surface area contributed by atoms with Gasteiger partial charge in [0.05, 0.1) is 18.4 Å². The maximum absolute atomic E-state index is 13.3. The Morgan fingerprint density at radius 2 is 2.21 bits per heavy atom. The third-order valence-electron chi connectivity index (χ3n) is 2.76. The molecule has 0 saturated carbocycles. The summed E-state index contributed by atoms with van der Waals surface area (Å²) >= 11 is 5.80. The number of nitrogens with one attached hydrogen (secondary N) is 1. The first kappa shape index (κ1) is 13.7. The number of aromatic nitrogens is 2. The fourth-order valence-corrected chi connectivity index (χ4v) is 2.07. The lowest BCUT2D eigenvalue weighted by molar-refractivity contribution is 0.615. The van der Waals surface area contributed by atoms with Gasteiger partial charge >= 0.3 is 0 Å². The number of rotatable bonds is 5. The zero-order chi connectivity index (χ0) is 13.7. The fourth-order valence-electron chi connectivity index (χ4n) is 1.92. The third-order valence-corrected chi connectivity index (χ3v) is 2.94. The second kappa shape index (κ2) is 6.48. The summed E-state index contributed by atoms with van der Waals surface area (Å²) < 4.78 is 13.3. The molecule has 0 fully saturated rings. The Morgan fingerprint density at radius 3 is 2.89 bits per heavy atom. The van der Waals surface area contributed by atoms with Crippen LogP contribution in [0.2, 0.25) is 5.15 Å². The molecule has 100 valence electrons. The van der Waals surface area contributed by atoms with Gasteiger partial charge in [0.1, 0.15) is 16.8 Å². The van der Waals surface area contributed by atoms with Crippen LogP contribution >= 0.6 is 11.6 Å². The molecule has 1 N–H and O–H groups in total. The minimum Gasteiger partial charge on any atom is -0.362 e. The van der Waals surface area contributed by atoms with Crippen LogP contribution in [0.25, 0.3) is 0 Å². The molecule has 19 heavy (non-hydrogen) atoms. The maximum atomic E-state index is 13.3. The van der Waals surface area contributed by atoms with Crippen molar-refractivity contribution in [2.45, 2.75) is 25.8 Å². The lowest BCUT2D eigenvalue weighted by Crippen LogP contribution is -2.12. The van der Waals surface area contributed by atoms with Crippen molar-refractivity contribution < 1.29 is 4.39 Å². The molecule has 2 aromatic rings. The van der Waals surface area contributed by atoms with Crippen LogP contribution in [-0.2, 0) is 0 Å². The van der Waals surface area contributed by atoms with Gasteiger partial charge in [-0.2, -0.15) is 0 Å². The Bertz CT molecular complexity index is 548. The van der Waals surface area contributed by atoms with Gasteiger partial charge in [0.15, 0.2) is 0 Å². The van der Waals surface area contributed by atoms with Gasteiger partial charge in [0.2, 0.25) is 0 Å². The van der Waals surface area contributed by atoms with Crippen molar-refractivity contribution in [1.29, 1.82) is 0 Å². The van der Waals surface area contributed by atoms with Crippen molar-refractivity contribution in [1.82, 2.24) is 9.97 Å². The lowest BCUT2D eigenvalue weighted by atomic mass is 10.0. The molecule has 1 atom stereocenters. The van der Waals surface area contributed by atoms with Gasteiger partial charge in [-0.1, -0.05) is 37.1 Å². The summed E-state index contributed by atoms with van der Waals surface area (Å²) in [5.41, 5.74) is 0.892. The van der Waals surface area contributed by atoms with Crippen LogP contribution in [0.1, 0.15) is 31.4 Å². The smallest absolute Gasteiger partial charge is 0.149 e. The van der Waals surface area contributed by atoms with E-state index in [-0.39, 0.29) is 11.9 Å². The average Bonchev–Trinajstić information content (AvgIpc) is 2.38. The topological polar surface area (TPSA) is 37.8 Å². The largest absolute Gasteiger partial charge is 0.362 e. The quantitative estimate of drug-likeness (QED) is 0.890. The zero-order valence-corrected chi connectivity index (χ0v) is 11.4. The Labute approximate surface area is 116 Å². The van der Waals surface area contributed by atoms with Gasteiger partial charge in [-0.05, 0) is 24.1 Å². The van der Waals surface area contributed by atoms with Crippen LogP contribution in [0.5, 0.6) is 0 Å². The second-order valence-electron chi connectivity index (χ2n) is 4.27. The summed E-state index contributed by atoms with van der Waals surface area (Å²) in [6, 6.07) is 6.57. The van der Waals surface area contributed by atoms with Gasteiger partial charge in [0.25, 0.3) is 0 Å². The molecule has 1 unspecified atom stereocenters. The molecule has 0 aliphatic rings. The van der Waals surface area contributed by atoms with Crippen molar-refractivity contribution in [3.8, 4) is 0 Å². The molecular formula is C14H15ClFN3. The highest BCUT2D eigenvalue weighted by Crippen LogP contribution is 2.23. The van der Waals surface area contributed by atoms with Gasteiger partial charge in [-0.15, -0.1) is 0 Å². The molecule has 0 bridgehead atoms. The number of hydrogen-bond acceptors (Lipinski definition) is 3. The molecule has 0 radical (unpaired) electrons. The Balaban J connectivity index is 2.21. The number of nitrogens with zero attached hydrogens (tertiary/aromatic N) is 2. The second-order valence-corrected chi connectivity index (χ2v) is 4.65. The maximum Gasteiger partial charge on any atom is 0.149 e. The summed E-state index contributed by atoms with van der Waals surface area (Å²) in [5.74, 6) is 0.354. The molecule has 0 spiro atoms. The van der Waals surface area contributed by atoms with Crippen LogP contribution in [0, 0.1) is 5.82 Å². The van der Waals surface area contributed by atoms with Crippen LogP contribution in [0.3, 0.4) is 0 Å². The number of hydrogen-bond donors (Lipinski definition) is 1. The summed E-state index contributed by atoms with van der Waals surface area (Å²) in [5, 5.41) is 3.57. The standard InChI is InChI=1S/C14H15ClFN3/c1-2-4-12(10-5-3-6-11(16)7-10)18-14-9-17-8-13(15)19-14/h3,5-9,12H,2,4H2,1H3,(H,18,19). The van der Waals surface area contributed by atoms with E-state index in [1.165, 1.54) is 18.3 Å². The molecule has 1 aromatic heterocycles. The Morgan fingerprint density at radius 1 is 1.37 bits per heavy atom. The highest BCUT2D eigenvalue weighted by atomic mass is 35.5. The van der Waals surface area contributed by atoms with E-state index in [1.807, 2.05) is 6.07 Å². The van der Waals surface area contributed by atoms with E-state index in [2.05, 4.69) is 22.2 Å². The number of halogens is 2. The molecule has 5 heteroatoms. The minimum atomic E-state index is -0.238. The summed E-state index contributed by atoms with van der Waals surface area (Å²) in [7, 11) is 0. The van der Waals surface area contributed by atoms with Gasteiger partial charge in [-0.25, -0.2) is 9.37 Å². The third kappa shape index (κ3) is 3.89. The molecule has 2 rings (SSSR count). The van der Waals surface area contributed by atoms with Crippen LogP contribution in [0.4, 0.5) is 10.2 Å². The normalized spacial score (nSPS) is 12.2. The Kier molecular flexibility index (Phi) is 4.68. The molecule has 1 heterocycles. The van der Waals surface area contributed by atoms with Crippen molar-refractivity contribution in [2.75, 3.05) is 5.32 Å². The van der Waals surface area contributed by atoms with E-state index in [0.717, 1.165) is 18.4 Å². The highest BCUT2D eigenvalue weighted by molar-refractivity contribution is 6.29. The summed E-state index contributed by atoms with van der Waals surface area (Å²) in [6.07, 6.45) is 4.93. The molecule has 0 saturated heterocycles. The Hall–Kier alpha value is -1.68. The monoisotopic (exact) mass is 279 g/mol. The molecule has 0 amide bonds. The van der Waals surface area contributed by atoms with E-state index in [0.29, 0.717) is 11.0 Å². The van der Waals surface area contributed by atoms with Crippen molar-refractivity contribution in [3.63, 3.8) is 0 Å². The average molecular weight is 280 g/mol. The van der Waals surface area contributed by atoms with Gasteiger partial charge < -0.3 is 5.32 Å².